The SMILES string of the molecule is CC[C@H](C)[C@@H]1NC(=O)[C@H](CC(C)C)N(C)C(=O)C[C@@H](C)N(C)C(=O)[C@H](C(C)C)N(C)C(=O)C2(CCCC2)NC(=O)[C@@H]2CCCN2C(=O)[C@H](CCc2ccc(C(F)(F)F)c(Cl)c2)NC(=O)CN(C)C(=O)[C@H](Cc2cccc(C#N)c2)N(C)C(=O)CN(C)C(=O)CN(C)C1=O. The molecule has 93 heavy (non-hydrogen) atoms. The Hall–Kier alpha value is -7.82. The van der Waals surface area contributed by atoms with Crippen LogP contribution in [-0.4, -0.2) is 228 Å². The van der Waals surface area contributed by atoms with Gasteiger partial charge in [0, 0.05) is 74.8 Å². The highest BCUT2D eigenvalue weighted by Gasteiger charge is 2.50. The standard InChI is InChI=1S/C66H94ClF3N12O11/c1-15-41(6)56-62(91)77(10)37-54(85)75(8)38-55(86)80(13)51(34-44-20-18-21-45(32-44)35-71)61(90)76(9)36-52(83)72-48(26-24-43-23-25-46(47(67)33-43)66(68,69)70)60(89)82-29-19-22-49(82)59(88)74-65(27-16-17-28-65)64(93)81(14)57(40(4)5)63(92)78(11)42(7)31-53(84)79(12)50(30-39(2)3)58(87)73-56/h18,20-21,23,25,32-33,39-42,48-51,56-57H,15-17,19,22,24,26-31,34,36-38H2,1-14H3,(H,72,83)(H,73,87)(H,74,88)/t41-,42+,48-,49-,50-,51-,56-,57-/m0/s1. The summed E-state index contributed by atoms with van der Waals surface area (Å²) in [6.45, 7) is 10.7. The third-order valence-corrected chi connectivity index (χ3v) is 18.7. The predicted octanol–water partition coefficient (Wildman–Crippen LogP) is 4.65. The summed E-state index contributed by atoms with van der Waals surface area (Å²) in [6.07, 6.45) is -3.04. The number of nitrogens with zero attached hydrogens (tertiary/aromatic N) is 9. The van der Waals surface area contributed by atoms with Crippen molar-refractivity contribution in [1.29, 1.82) is 5.26 Å². The second kappa shape index (κ2) is 32.8. The summed E-state index contributed by atoms with van der Waals surface area (Å²) in [5.74, 6) is -8.42. The van der Waals surface area contributed by atoms with E-state index in [2.05, 4.69) is 16.0 Å². The molecule has 2 saturated heterocycles. The van der Waals surface area contributed by atoms with Gasteiger partial charge in [-0.1, -0.05) is 90.6 Å². The lowest BCUT2D eigenvalue weighted by molar-refractivity contribution is -0.152. The maximum Gasteiger partial charge on any atom is 0.417 e. The summed E-state index contributed by atoms with van der Waals surface area (Å²) >= 11 is 6.11. The number of fused-ring (bicyclic) bond motifs is 1. The first-order chi connectivity index (χ1) is 43.5. The molecule has 512 valence electrons. The summed E-state index contributed by atoms with van der Waals surface area (Å²) in [4.78, 5) is 170. The van der Waals surface area contributed by atoms with E-state index in [-0.39, 0.29) is 75.0 Å². The molecule has 1 spiro atoms. The molecule has 8 atom stereocenters. The van der Waals surface area contributed by atoms with E-state index in [1.807, 2.05) is 26.8 Å². The number of likely N-dealkylation sites (N-methyl/N-ethyl adjacent to an activating group) is 7. The first kappa shape index (κ1) is 75.9. The summed E-state index contributed by atoms with van der Waals surface area (Å²) in [5.41, 5.74) is -1.64. The van der Waals surface area contributed by atoms with Gasteiger partial charge in [-0.15, -0.1) is 0 Å². The first-order valence-electron chi connectivity index (χ1n) is 31.8. The van der Waals surface area contributed by atoms with Crippen LogP contribution in [0, 0.1) is 29.1 Å². The largest absolute Gasteiger partial charge is 0.417 e. The third kappa shape index (κ3) is 19.2. The Balaban J connectivity index is 1.58. The molecular weight excluding hydrogens is 1230 g/mol. The Bertz CT molecular complexity index is 3140. The molecule has 2 heterocycles. The lowest BCUT2D eigenvalue weighted by Crippen LogP contribution is -2.64. The van der Waals surface area contributed by atoms with Gasteiger partial charge in [-0.2, -0.15) is 18.4 Å². The molecule has 2 aliphatic heterocycles. The van der Waals surface area contributed by atoms with E-state index in [1.165, 1.54) is 81.1 Å². The van der Waals surface area contributed by atoms with Gasteiger partial charge in [-0.05, 0) is 105 Å². The Morgan fingerprint density at radius 1 is 0.688 bits per heavy atom. The van der Waals surface area contributed by atoms with Crippen molar-refractivity contribution in [2.24, 2.45) is 17.8 Å². The van der Waals surface area contributed by atoms with Crippen LogP contribution >= 0.6 is 11.6 Å². The maximum atomic E-state index is 15.1. The van der Waals surface area contributed by atoms with Crippen LogP contribution < -0.4 is 16.0 Å². The van der Waals surface area contributed by atoms with Crippen LogP contribution in [0.3, 0.4) is 0 Å². The number of alkyl halides is 3. The van der Waals surface area contributed by atoms with Gasteiger partial charge in [-0.3, -0.25) is 52.7 Å². The number of nitriles is 1. The predicted molar refractivity (Wildman–Crippen MR) is 341 cm³/mol. The average Bonchev–Trinajstić information content (AvgIpc) is 1.93. The number of nitrogens with one attached hydrogen (secondary N) is 3. The molecule has 1 saturated carbocycles. The monoisotopic (exact) mass is 1320 g/mol. The van der Waals surface area contributed by atoms with Crippen molar-refractivity contribution in [1.82, 2.24) is 55.1 Å². The molecule has 27 heteroatoms. The molecule has 3 aliphatic rings. The average molecular weight is 1320 g/mol. The Labute approximate surface area is 549 Å². The van der Waals surface area contributed by atoms with E-state index in [0.717, 1.165) is 31.7 Å². The minimum atomic E-state index is -4.77. The van der Waals surface area contributed by atoms with Gasteiger partial charge in [0.05, 0.1) is 41.9 Å². The minimum Gasteiger partial charge on any atom is -0.343 e. The zero-order valence-electron chi connectivity index (χ0n) is 56.2. The van der Waals surface area contributed by atoms with E-state index in [1.54, 1.807) is 45.9 Å². The van der Waals surface area contributed by atoms with Crippen molar-refractivity contribution in [3.8, 4) is 6.07 Å². The number of carbonyl (C=O) groups excluding carboxylic acids is 11. The molecular formula is C66H94ClF3N12O11. The van der Waals surface area contributed by atoms with Crippen LogP contribution in [0.4, 0.5) is 13.2 Å². The van der Waals surface area contributed by atoms with Crippen LogP contribution in [0.2, 0.25) is 5.02 Å². The van der Waals surface area contributed by atoms with Gasteiger partial charge in [0.1, 0.15) is 41.8 Å². The van der Waals surface area contributed by atoms with Crippen LogP contribution in [-0.2, 0) is 71.8 Å². The van der Waals surface area contributed by atoms with Crippen molar-refractivity contribution < 1.29 is 65.9 Å². The second-order valence-electron chi connectivity index (χ2n) is 26.2. The molecule has 1 aliphatic carbocycles. The first-order valence-corrected chi connectivity index (χ1v) is 32.2. The highest BCUT2D eigenvalue weighted by Crippen LogP contribution is 2.36. The van der Waals surface area contributed by atoms with E-state index >= 15 is 9.59 Å². The molecule has 0 bridgehead atoms. The summed E-state index contributed by atoms with van der Waals surface area (Å²) in [7, 11) is 9.76. The number of hydrogen-bond donors (Lipinski definition) is 3. The summed E-state index contributed by atoms with van der Waals surface area (Å²) in [5, 5.41) is 17.7. The topological polar surface area (TPSA) is 274 Å². The quantitative estimate of drug-likeness (QED) is 0.293. The van der Waals surface area contributed by atoms with Gasteiger partial charge in [0.2, 0.25) is 65.0 Å². The molecule has 0 radical (unpaired) electrons. The van der Waals surface area contributed by atoms with Crippen LogP contribution in [0.5, 0.6) is 0 Å². The Kier molecular flexibility index (Phi) is 26.8. The number of aryl methyl sites for hydroxylation is 1. The van der Waals surface area contributed by atoms with E-state index in [9.17, 15) is 61.6 Å². The van der Waals surface area contributed by atoms with Gasteiger partial charge >= 0.3 is 6.18 Å². The molecule has 0 aromatic heterocycles. The summed E-state index contributed by atoms with van der Waals surface area (Å²) < 4.78 is 41.4. The zero-order chi connectivity index (χ0) is 69.7. The molecule has 5 rings (SSSR count). The van der Waals surface area contributed by atoms with Gasteiger partial charge in [0.15, 0.2) is 0 Å². The third-order valence-electron chi connectivity index (χ3n) is 18.4. The second-order valence-corrected chi connectivity index (χ2v) is 26.7. The molecule has 2 aromatic carbocycles. The number of hydrogen-bond acceptors (Lipinski definition) is 12. The fourth-order valence-corrected chi connectivity index (χ4v) is 12.7. The van der Waals surface area contributed by atoms with E-state index in [0.29, 0.717) is 31.2 Å². The van der Waals surface area contributed by atoms with Gasteiger partial charge in [0.25, 0.3) is 0 Å². The lowest BCUT2D eigenvalue weighted by Gasteiger charge is -2.41. The lowest BCUT2D eigenvalue weighted by atomic mass is 9.91. The highest BCUT2D eigenvalue weighted by atomic mass is 35.5. The molecule has 11 amide bonds. The number of rotatable bonds is 10. The van der Waals surface area contributed by atoms with Crippen molar-refractivity contribution in [2.45, 2.75) is 180 Å². The van der Waals surface area contributed by atoms with Crippen LogP contribution in [0.25, 0.3) is 0 Å². The van der Waals surface area contributed by atoms with E-state index < -0.39 is 161 Å². The number of benzene rings is 2. The number of halogens is 4. The molecule has 3 fully saturated rings. The van der Waals surface area contributed by atoms with Crippen molar-refractivity contribution in [3.63, 3.8) is 0 Å². The Morgan fingerprint density at radius 3 is 1.90 bits per heavy atom. The fraction of sp³-hybridized carbons (Fsp3) is 0.636. The number of amides is 11. The highest BCUT2D eigenvalue weighted by molar-refractivity contribution is 6.31. The summed E-state index contributed by atoms with van der Waals surface area (Å²) in [6, 6.07) is 3.26. The van der Waals surface area contributed by atoms with Gasteiger partial charge < -0.3 is 55.1 Å². The van der Waals surface area contributed by atoms with Crippen LogP contribution in [0.15, 0.2) is 42.5 Å². The van der Waals surface area contributed by atoms with E-state index in [4.69, 9.17) is 11.6 Å². The molecule has 3 N–H and O–H groups in total. The molecule has 2 aromatic rings. The van der Waals surface area contributed by atoms with Crippen molar-refractivity contribution in [3.05, 3.63) is 69.7 Å². The molecule has 23 nitrogen and oxygen atoms in total. The maximum absolute atomic E-state index is 15.1. The zero-order valence-corrected chi connectivity index (χ0v) is 56.9. The smallest absolute Gasteiger partial charge is 0.343 e. The van der Waals surface area contributed by atoms with Crippen molar-refractivity contribution in [2.75, 3.05) is 75.5 Å². The normalized spacial score (nSPS) is 24.6. The Morgan fingerprint density at radius 2 is 1.31 bits per heavy atom. The fourth-order valence-electron chi connectivity index (χ4n) is 12.4. The van der Waals surface area contributed by atoms with Crippen molar-refractivity contribution >= 4 is 76.6 Å². The van der Waals surface area contributed by atoms with Crippen LogP contribution in [0.1, 0.15) is 135 Å². The minimum absolute atomic E-state index is 0.0241. The number of carbonyl (C=O) groups is 11. The molecule has 0 unspecified atom stereocenters. The van der Waals surface area contributed by atoms with Gasteiger partial charge in [-0.25, -0.2) is 0 Å².